The molecule has 0 aliphatic heterocycles. The van der Waals surface area contributed by atoms with E-state index in [9.17, 15) is 18.0 Å². The van der Waals surface area contributed by atoms with Gasteiger partial charge in [0.25, 0.3) is 0 Å². The first-order chi connectivity index (χ1) is 13.8. The quantitative estimate of drug-likeness (QED) is 0.591. The summed E-state index contributed by atoms with van der Waals surface area (Å²) in [6, 6.07) is 3.49. The van der Waals surface area contributed by atoms with Gasteiger partial charge in [-0.15, -0.1) is 0 Å². The van der Waals surface area contributed by atoms with Crippen LogP contribution < -0.4 is 4.90 Å². The molecule has 1 amide bonds. The molecule has 1 saturated carbocycles. The molecule has 0 bridgehead atoms. The van der Waals surface area contributed by atoms with Crippen LogP contribution in [-0.4, -0.2) is 33.4 Å². The molecule has 1 atom stereocenters. The van der Waals surface area contributed by atoms with Gasteiger partial charge in [-0.1, -0.05) is 37.3 Å². The third-order valence-electron chi connectivity index (χ3n) is 5.45. The number of hydrogen-bond donors (Lipinski definition) is 0. The first kappa shape index (κ1) is 21.6. The maximum Gasteiger partial charge on any atom is 0.392 e. The smallest absolute Gasteiger partial charge is 0.308 e. The van der Waals surface area contributed by atoms with Crippen LogP contribution in [0.3, 0.4) is 0 Å². The molecule has 29 heavy (non-hydrogen) atoms. The highest BCUT2D eigenvalue weighted by Gasteiger charge is 2.43. The number of pyridine rings is 1. The first-order valence-corrected chi connectivity index (χ1v) is 10.2. The lowest BCUT2D eigenvalue weighted by Crippen LogP contribution is -2.36. The molecule has 2 aromatic heterocycles. The molecule has 2 aromatic rings. The van der Waals surface area contributed by atoms with Crippen molar-refractivity contribution in [2.45, 2.75) is 51.6 Å². The Morgan fingerprint density at radius 3 is 2.69 bits per heavy atom. The largest absolute Gasteiger partial charge is 0.392 e. The van der Waals surface area contributed by atoms with Crippen LogP contribution in [0.25, 0.3) is 5.69 Å². The van der Waals surface area contributed by atoms with Gasteiger partial charge < -0.3 is 4.90 Å². The van der Waals surface area contributed by atoms with Crippen molar-refractivity contribution < 1.29 is 18.0 Å². The number of anilines is 1. The van der Waals surface area contributed by atoms with Gasteiger partial charge in [-0.05, 0) is 31.4 Å². The van der Waals surface area contributed by atoms with Crippen LogP contribution in [-0.2, 0) is 4.79 Å². The molecular formula is C20H24ClF3N4O. The fourth-order valence-electron chi connectivity index (χ4n) is 3.93. The lowest BCUT2D eigenvalue weighted by atomic mass is 9.90. The maximum absolute atomic E-state index is 13.6. The number of hydrogen-bond acceptors (Lipinski definition) is 3. The zero-order valence-electron chi connectivity index (χ0n) is 16.2. The summed E-state index contributed by atoms with van der Waals surface area (Å²) >= 11 is 6.21. The van der Waals surface area contributed by atoms with Crippen molar-refractivity contribution in [1.82, 2.24) is 14.8 Å². The average Bonchev–Trinajstić information content (AvgIpc) is 3.32. The van der Waals surface area contributed by atoms with Crippen LogP contribution in [0.1, 0.15) is 45.4 Å². The Bertz CT molecular complexity index is 819. The number of aromatic nitrogens is 3. The highest BCUT2D eigenvalue weighted by molar-refractivity contribution is 6.32. The van der Waals surface area contributed by atoms with Gasteiger partial charge in [0, 0.05) is 19.2 Å². The van der Waals surface area contributed by atoms with Crippen LogP contribution in [0.2, 0.25) is 5.15 Å². The zero-order valence-corrected chi connectivity index (χ0v) is 17.0. The van der Waals surface area contributed by atoms with E-state index in [2.05, 4.69) is 10.1 Å². The highest BCUT2D eigenvalue weighted by atomic mass is 35.5. The van der Waals surface area contributed by atoms with E-state index in [1.807, 2.05) is 0 Å². The van der Waals surface area contributed by atoms with Crippen LogP contribution in [0.4, 0.5) is 18.9 Å². The number of rotatable bonds is 7. The van der Waals surface area contributed by atoms with E-state index in [1.165, 1.54) is 9.58 Å². The normalized spacial score (nSPS) is 16.2. The van der Waals surface area contributed by atoms with Crippen LogP contribution in [0.15, 0.2) is 30.7 Å². The summed E-state index contributed by atoms with van der Waals surface area (Å²) in [5.41, 5.74) is 0.934. The minimum atomic E-state index is -4.40. The van der Waals surface area contributed by atoms with E-state index in [-0.39, 0.29) is 24.0 Å². The highest BCUT2D eigenvalue weighted by Crippen LogP contribution is 2.39. The van der Waals surface area contributed by atoms with E-state index < -0.39 is 24.4 Å². The second-order valence-corrected chi connectivity index (χ2v) is 7.79. The molecule has 1 aliphatic carbocycles. The predicted molar refractivity (Wildman–Crippen MR) is 105 cm³/mol. The van der Waals surface area contributed by atoms with E-state index >= 15 is 0 Å². The van der Waals surface area contributed by atoms with Gasteiger partial charge in [0.15, 0.2) is 5.15 Å². The third kappa shape index (κ3) is 5.29. The maximum atomic E-state index is 13.6. The number of nitrogens with zero attached hydrogens (tertiary/aromatic N) is 4. The molecule has 1 unspecified atom stereocenters. The van der Waals surface area contributed by atoms with E-state index in [0.717, 1.165) is 25.7 Å². The average molecular weight is 429 g/mol. The standard InChI is InChI=1S/C20H24ClF3N4O/c1-2-27(17-13-28(26-19(17)21)16-8-5-9-25-12-16)18(29)11-15(20(22,23)24)10-14-6-3-4-7-14/h5,8-9,12-15H,2-4,6-7,10-11H2,1H3. The minimum Gasteiger partial charge on any atom is -0.308 e. The number of alkyl halides is 3. The lowest BCUT2D eigenvalue weighted by Gasteiger charge is -2.26. The van der Waals surface area contributed by atoms with Crippen molar-refractivity contribution in [3.05, 3.63) is 35.9 Å². The predicted octanol–water partition coefficient (Wildman–Crippen LogP) is 5.42. The molecule has 0 saturated heterocycles. The summed E-state index contributed by atoms with van der Waals surface area (Å²) in [5, 5.41) is 4.23. The second kappa shape index (κ2) is 9.15. The minimum absolute atomic E-state index is 0.00940. The van der Waals surface area contributed by atoms with Gasteiger partial charge >= 0.3 is 6.18 Å². The number of amides is 1. The zero-order chi connectivity index (χ0) is 21.0. The van der Waals surface area contributed by atoms with Gasteiger partial charge in [0.1, 0.15) is 5.69 Å². The topological polar surface area (TPSA) is 51.0 Å². The van der Waals surface area contributed by atoms with E-state index in [0.29, 0.717) is 11.4 Å². The fourth-order valence-corrected chi connectivity index (χ4v) is 4.16. The van der Waals surface area contributed by atoms with Gasteiger partial charge in [-0.25, -0.2) is 4.68 Å². The van der Waals surface area contributed by atoms with Crippen LogP contribution in [0, 0.1) is 11.8 Å². The molecule has 1 aliphatic rings. The molecule has 158 valence electrons. The molecule has 3 rings (SSSR count). The van der Waals surface area contributed by atoms with Gasteiger partial charge in [0.2, 0.25) is 5.91 Å². The van der Waals surface area contributed by atoms with Crippen molar-refractivity contribution in [2.24, 2.45) is 11.8 Å². The third-order valence-corrected chi connectivity index (χ3v) is 5.72. The van der Waals surface area contributed by atoms with Crippen molar-refractivity contribution in [3.8, 4) is 5.69 Å². The van der Waals surface area contributed by atoms with Crippen molar-refractivity contribution >= 4 is 23.2 Å². The summed E-state index contributed by atoms with van der Waals surface area (Å²) in [6.45, 7) is 1.90. The van der Waals surface area contributed by atoms with Crippen LogP contribution >= 0.6 is 11.6 Å². The van der Waals surface area contributed by atoms with E-state index in [4.69, 9.17) is 11.6 Å². The second-order valence-electron chi connectivity index (χ2n) is 7.43. The van der Waals surface area contributed by atoms with Crippen molar-refractivity contribution in [1.29, 1.82) is 0 Å². The Labute approximate surface area is 172 Å². The SMILES string of the molecule is CCN(C(=O)CC(CC1CCCC1)C(F)(F)F)c1cn(-c2cccnc2)nc1Cl. The molecule has 0 N–H and O–H groups in total. The molecule has 5 nitrogen and oxygen atoms in total. The summed E-state index contributed by atoms with van der Waals surface area (Å²) in [6.07, 6.45) is 3.30. The molecule has 1 fully saturated rings. The number of carbonyl (C=O) groups is 1. The lowest BCUT2D eigenvalue weighted by molar-refractivity contribution is -0.182. The Hall–Kier alpha value is -2.09. The Kier molecular flexibility index (Phi) is 6.82. The van der Waals surface area contributed by atoms with Crippen molar-refractivity contribution in [2.75, 3.05) is 11.4 Å². The van der Waals surface area contributed by atoms with Crippen molar-refractivity contribution in [3.63, 3.8) is 0 Å². The van der Waals surface area contributed by atoms with E-state index in [1.54, 1.807) is 37.6 Å². The molecule has 9 heteroatoms. The molecule has 0 aromatic carbocycles. The first-order valence-electron chi connectivity index (χ1n) is 9.82. The summed E-state index contributed by atoms with van der Waals surface area (Å²) in [7, 11) is 0. The summed E-state index contributed by atoms with van der Waals surface area (Å²) in [5.74, 6) is -2.19. The van der Waals surface area contributed by atoms with Gasteiger partial charge in [-0.2, -0.15) is 18.3 Å². The molecular weight excluding hydrogens is 405 g/mol. The summed E-state index contributed by atoms with van der Waals surface area (Å²) in [4.78, 5) is 18.1. The monoisotopic (exact) mass is 428 g/mol. The Morgan fingerprint density at radius 1 is 1.38 bits per heavy atom. The van der Waals surface area contributed by atoms with Gasteiger partial charge in [0.05, 0.1) is 24.0 Å². The fraction of sp³-hybridized carbons (Fsp3) is 0.550. The van der Waals surface area contributed by atoms with Gasteiger partial charge in [-0.3, -0.25) is 9.78 Å². The molecule has 2 heterocycles. The Balaban J connectivity index is 1.78. The number of carbonyl (C=O) groups excluding carboxylic acids is 1. The Morgan fingerprint density at radius 2 is 2.10 bits per heavy atom. The summed E-state index contributed by atoms with van der Waals surface area (Å²) < 4.78 is 42.2. The molecule has 0 spiro atoms. The molecule has 0 radical (unpaired) electrons. The van der Waals surface area contributed by atoms with Crippen LogP contribution in [0.5, 0.6) is 0 Å². The number of halogens is 4.